The maximum absolute atomic E-state index is 13.2. The van der Waals surface area contributed by atoms with Crippen molar-refractivity contribution in [2.24, 2.45) is 11.8 Å². The summed E-state index contributed by atoms with van der Waals surface area (Å²) in [5.41, 5.74) is 0.282. The smallest absolute Gasteiger partial charge is 0.270 e. The molecule has 1 heterocycles. The van der Waals surface area contributed by atoms with Crippen molar-refractivity contribution >= 4 is 27.3 Å². The Morgan fingerprint density at radius 2 is 1.82 bits per heavy atom. The summed E-state index contributed by atoms with van der Waals surface area (Å²) in [7, 11) is -3.81. The minimum atomic E-state index is -3.81. The second-order valence-electron chi connectivity index (χ2n) is 7.38. The van der Waals surface area contributed by atoms with Gasteiger partial charge in [0, 0.05) is 18.5 Å². The molecule has 1 N–H and O–H groups in total. The van der Waals surface area contributed by atoms with E-state index in [1.165, 1.54) is 27.8 Å². The van der Waals surface area contributed by atoms with Gasteiger partial charge in [-0.15, -0.1) is 11.3 Å². The lowest BCUT2D eigenvalue weighted by Gasteiger charge is -2.23. The van der Waals surface area contributed by atoms with Gasteiger partial charge in [-0.1, -0.05) is 27.7 Å². The van der Waals surface area contributed by atoms with Crippen molar-refractivity contribution in [3.05, 3.63) is 46.2 Å². The molecule has 1 aromatic heterocycles. The average Bonchev–Trinajstić information content (AvgIpc) is 3.07. The molecule has 2 aromatic rings. The SMILES string of the molecule is CC(C)CNC(=O)c1csc(CN(CC(C)C)S(=O)(=O)c2ccc(F)cc2)n1. The highest BCUT2D eigenvalue weighted by Crippen LogP contribution is 2.22. The highest BCUT2D eigenvalue weighted by atomic mass is 32.2. The van der Waals surface area contributed by atoms with Gasteiger partial charge >= 0.3 is 0 Å². The Bertz CT molecular complexity index is 893. The summed E-state index contributed by atoms with van der Waals surface area (Å²) in [6, 6.07) is 4.76. The fourth-order valence-corrected chi connectivity index (χ4v) is 4.87. The third-order valence-electron chi connectivity index (χ3n) is 3.79. The average molecular weight is 428 g/mol. The van der Waals surface area contributed by atoms with Gasteiger partial charge in [-0.2, -0.15) is 4.31 Å². The molecule has 2 rings (SSSR count). The third kappa shape index (κ3) is 6.08. The highest BCUT2D eigenvalue weighted by Gasteiger charge is 2.27. The second kappa shape index (κ2) is 9.58. The van der Waals surface area contributed by atoms with E-state index in [1.807, 2.05) is 27.7 Å². The van der Waals surface area contributed by atoms with Crippen LogP contribution in [0.15, 0.2) is 34.5 Å². The number of nitrogens with one attached hydrogen (secondary N) is 1. The second-order valence-corrected chi connectivity index (χ2v) is 10.3. The van der Waals surface area contributed by atoms with Gasteiger partial charge in [-0.05, 0) is 36.1 Å². The maximum Gasteiger partial charge on any atom is 0.270 e. The molecule has 28 heavy (non-hydrogen) atoms. The quantitative estimate of drug-likeness (QED) is 0.664. The van der Waals surface area contributed by atoms with Crippen LogP contribution >= 0.6 is 11.3 Å². The van der Waals surface area contributed by atoms with Crippen molar-refractivity contribution in [3.63, 3.8) is 0 Å². The molecular weight excluding hydrogens is 401 g/mol. The van der Waals surface area contributed by atoms with Crippen LogP contribution in [0.1, 0.15) is 43.2 Å². The summed E-state index contributed by atoms with van der Waals surface area (Å²) in [4.78, 5) is 16.5. The van der Waals surface area contributed by atoms with Crippen LogP contribution in [0.4, 0.5) is 4.39 Å². The lowest BCUT2D eigenvalue weighted by Crippen LogP contribution is -2.34. The van der Waals surface area contributed by atoms with Crippen molar-refractivity contribution in [1.82, 2.24) is 14.6 Å². The molecule has 6 nitrogen and oxygen atoms in total. The Hall–Kier alpha value is -1.84. The first-order valence-electron chi connectivity index (χ1n) is 9.08. The zero-order chi connectivity index (χ0) is 20.9. The van der Waals surface area contributed by atoms with Crippen LogP contribution in [0, 0.1) is 17.7 Å². The minimum Gasteiger partial charge on any atom is -0.350 e. The molecule has 154 valence electrons. The van der Waals surface area contributed by atoms with Crippen LogP contribution in [-0.2, 0) is 16.6 Å². The van der Waals surface area contributed by atoms with Crippen molar-refractivity contribution in [2.75, 3.05) is 13.1 Å². The lowest BCUT2D eigenvalue weighted by molar-refractivity contribution is 0.0944. The number of halogens is 1. The lowest BCUT2D eigenvalue weighted by atomic mass is 10.2. The Morgan fingerprint density at radius 1 is 1.18 bits per heavy atom. The van der Waals surface area contributed by atoms with Crippen LogP contribution in [0.3, 0.4) is 0 Å². The van der Waals surface area contributed by atoms with Crippen molar-refractivity contribution < 1.29 is 17.6 Å². The summed E-state index contributed by atoms with van der Waals surface area (Å²) in [5.74, 6) is -0.354. The molecule has 0 fully saturated rings. The molecule has 0 aliphatic rings. The molecule has 0 unspecified atom stereocenters. The predicted molar refractivity (Wildman–Crippen MR) is 108 cm³/mol. The highest BCUT2D eigenvalue weighted by molar-refractivity contribution is 7.89. The van der Waals surface area contributed by atoms with Crippen LogP contribution in [0.5, 0.6) is 0 Å². The summed E-state index contributed by atoms with van der Waals surface area (Å²) < 4.78 is 40.5. The number of benzene rings is 1. The molecule has 1 amide bonds. The Morgan fingerprint density at radius 3 is 2.39 bits per heavy atom. The number of hydrogen-bond acceptors (Lipinski definition) is 5. The molecule has 9 heteroatoms. The number of carbonyl (C=O) groups excluding carboxylic acids is 1. The molecule has 0 bridgehead atoms. The van der Waals surface area contributed by atoms with Crippen molar-refractivity contribution in [1.29, 1.82) is 0 Å². The summed E-state index contributed by atoms with van der Waals surface area (Å²) in [6.45, 7) is 8.71. The summed E-state index contributed by atoms with van der Waals surface area (Å²) in [5, 5.41) is 4.95. The first-order valence-corrected chi connectivity index (χ1v) is 11.4. The van der Waals surface area contributed by atoms with E-state index >= 15 is 0 Å². The van der Waals surface area contributed by atoms with E-state index in [2.05, 4.69) is 10.3 Å². The molecular formula is C19H26FN3O3S2. The Balaban J connectivity index is 2.21. The van der Waals surface area contributed by atoms with E-state index in [0.717, 1.165) is 12.1 Å². The van der Waals surface area contributed by atoms with Gasteiger partial charge < -0.3 is 5.32 Å². The van der Waals surface area contributed by atoms with Crippen molar-refractivity contribution in [3.8, 4) is 0 Å². The van der Waals surface area contributed by atoms with Crippen LogP contribution in [-0.4, -0.2) is 36.7 Å². The topological polar surface area (TPSA) is 79.4 Å². The van der Waals surface area contributed by atoms with E-state index in [0.29, 0.717) is 17.5 Å². The van der Waals surface area contributed by atoms with E-state index in [-0.39, 0.29) is 35.5 Å². The minimum absolute atomic E-state index is 0.0287. The fraction of sp³-hybridized carbons (Fsp3) is 0.474. The van der Waals surface area contributed by atoms with Gasteiger partial charge in [0.25, 0.3) is 5.91 Å². The molecule has 0 spiro atoms. The largest absolute Gasteiger partial charge is 0.350 e. The van der Waals surface area contributed by atoms with Crippen LogP contribution in [0.25, 0.3) is 0 Å². The first kappa shape index (κ1) is 22.4. The zero-order valence-electron chi connectivity index (χ0n) is 16.5. The Labute approximate surface area is 169 Å². The third-order valence-corrected chi connectivity index (χ3v) is 6.45. The van der Waals surface area contributed by atoms with Gasteiger partial charge in [0.15, 0.2) is 0 Å². The molecule has 0 atom stereocenters. The number of nitrogens with zero attached hydrogens (tertiary/aromatic N) is 2. The first-order chi connectivity index (χ1) is 13.1. The van der Waals surface area contributed by atoms with Crippen LogP contribution < -0.4 is 5.32 Å². The number of amides is 1. The molecule has 0 aliphatic heterocycles. The van der Waals surface area contributed by atoms with Gasteiger partial charge in [0.05, 0.1) is 11.4 Å². The summed E-state index contributed by atoms with van der Waals surface area (Å²) >= 11 is 1.24. The predicted octanol–water partition coefficient (Wildman–Crippen LogP) is 3.51. The van der Waals surface area contributed by atoms with Gasteiger partial charge in [0.2, 0.25) is 10.0 Å². The number of aromatic nitrogens is 1. The Kier molecular flexibility index (Phi) is 7.68. The molecule has 0 saturated carbocycles. The van der Waals surface area contributed by atoms with E-state index in [4.69, 9.17) is 0 Å². The molecule has 0 saturated heterocycles. The molecule has 0 aliphatic carbocycles. The molecule has 1 aromatic carbocycles. The molecule has 0 radical (unpaired) electrons. The number of thiazole rings is 1. The maximum atomic E-state index is 13.2. The number of rotatable bonds is 9. The van der Waals surface area contributed by atoms with E-state index in [9.17, 15) is 17.6 Å². The van der Waals surface area contributed by atoms with E-state index < -0.39 is 15.8 Å². The number of carbonyl (C=O) groups is 1. The van der Waals surface area contributed by atoms with Crippen LogP contribution in [0.2, 0.25) is 0 Å². The zero-order valence-corrected chi connectivity index (χ0v) is 18.1. The fourth-order valence-electron chi connectivity index (χ4n) is 2.44. The van der Waals surface area contributed by atoms with Gasteiger partial charge in [-0.25, -0.2) is 17.8 Å². The van der Waals surface area contributed by atoms with Gasteiger partial charge in [-0.3, -0.25) is 4.79 Å². The summed E-state index contributed by atoms with van der Waals surface area (Å²) in [6.07, 6.45) is 0. The monoisotopic (exact) mass is 427 g/mol. The van der Waals surface area contributed by atoms with Gasteiger partial charge in [0.1, 0.15) is 16.5 Å². The normalized spacial score (nSPS) is 12.1. The van der Waals surface area contributed by atoms with Crippen molar-refractivity contribution in [2.45, 2.75) is 39.1 Å². The number of hydrogen-bond donors (Lipinski definition) is 1. The number of sulfonamides is 1. The van der Waals surface area contributed by atoms with E-state index in [1.54, 1.807) is 5.38 Å². The standard InChI is InChI=1S/C19H26FN3O3S2/c1-13(2)9-21-19(24)17-12-27-18(22-17)11-23(10-14(3)4)28(25,26)16-7-5-15(20)6-8-16/h5-8,12-14H,9-11H2,1-4H3,(H,21,24).